The molecule has 7 rings (SSSR count). The minimum atomic E-state index is -0.0864. The van der Waals surface area contributed by atoms with E-state index in [1.54, 1.807) is 0 Å². The fourth-order valence-electron chi connectivity index (χ4n) is 7.32. The van der Waals surface area contributed by atoms with Crippen molar-refractivity contribution in [1.29, 1.82) is 5.26 Å². The lowest BCUT2D eigenvalue weighted by Gasteiger charge is -2.40. The highest BCUT2D eigenvalue weighted by Gasteiger charge is 2.37. The van der Waals surface area contributed by atoms with Crippen molar-refractivity contribution in [3.05, 3.63) is 53.2 Å². The van der Waals surface area contributed by atoms with Crippen LogP contribution in [-0.2, 0) is 17.8 Å². The standard InChI is InChI=1S/C34H42N8O2/c1-22-6-3-7-23-8-4-10-30(31(22)23)41-16-12-26-29(20-41)38-34(44-21-25-9-5-15-40(25)2)39-32(26)42-17-13-27(24(19-42)11-14-35)37-33(43)28-18-36-28/h3-4,6-8,10,24-25,27-28,36H,5,9,11-13,15-21H2,1-2H3,(H,37,43)/t24-,25-,27+,28+/m0/s1. The number of rotatable bonds is 8. The molecule has 4 aliphatic heterocycles. The van der Waals surface area contributed by atoms with Crippen molar-refractivity contribution in [2.24, 2.45) is 5.92 Å². The monoisotopic (exact) mass is 594 g/mol. The zero-order chi connectivity index (χ0) is 30.2. The van der Waals surface area contributed by atoms with E-state index in [-0.39, 0.29) is 23.9 Å². The van der Waals surface area contributed by atoms with Gasteiger partial charge in [-0.3, -0.25) is 4.79 Å². The summed E-state index contributed by atoms with van der Waals surface area (Å²) in [7, 11) is 2.15. The van der Waals surface area contributed by atoms with Crippen LogP contribution >= 0.6 is 0 Å². The maximum Gasteiger partial charge on any atom is 0.318 e. The molecule has 44 heavy (non-hydrogen) atoms. The molecule has 4 atom stereocenters. The second kappa shape index (κ2) is 12.2. The van der Waals surface area contributed by atoms with E-state index in [1.165, 1.54) is 34.0 Å². The van der Waals surface area contributed by atoms with Gasteiger partial charge < -0.3 is 30.1 Å². The Kier molecular flexibility index (Phi) is 8.00. The van der Waals surface area contributed by atoms with Gasteiger partial charge in [-0.1, -0.05) is 30.3 Å². The Labute approximate surface area is 259 Å². The van der Waals surface area contributed by atoms with E-state index in [1.807, 2.05) is 0 Å². The third-order valence-corrected chi connectivity index (χ3v) is 9.97. The molecule has 1 aromatic heterocycles. The van der Waals surface area contributed by atoms with E-state index in [2.05, 4.69) is 81.8 Å². The van der Waals surface area contributed by atoms with Crippen molar-refractivity contribution >= 4 is 28.2 Å². The number of benzene rings is 2. The van der Waals surface area contributed by atoms with Crippen LogP contribution < -0.4 is 25.2 Å². The molecule has 230 valence electrons. The largest absolute Gasteiger partial charge is 0.462 e. The molecule has 10 nitrogen and oxygen atoms in total. The molecule has 0 aliphatic carbocycles. The molecule has 0 spiro atoms. The lowest BCUT2D eigenvalue weighted by atomic mass is 9.89. The van der Waals surface area contributed by atoms with Gasteiger partial charge in [-0.15, -0.1) is 0 Å². The molecule has 4 aliphatic rings. The van der Waals surface area contributed by atoms with Crippen LogP contribution in [0.4, 0.5) is 11.5 Å². The Morgan fingerprint density at radius 3 is 2.75 bits per heavy atom. The zero-order valence-electron chi connectivity index (χ0n) is 25.8. The molecular formula is C34H42N8O2. The molecule has 0 saturated carbocycles. The zero-order valence-corrected chi connectivity index (χ0v) is 25.8. The molecule has 5 heterocycles. The molecule has 10 heteroatoms. The van der Waals surface area contributed by atoms with Gasteiger partial charge in [0.05, 0.1) is 24.3 Å². The second-order valence-electron chi connectivity index (χ2n) is 12.9. The number of nitrogens with one attached hydrogen (secondary N) is 2. The van der Waals surface area contributed by atoms with Crippen LogP contribution in [0.15, 0.2) is 36.4 Å². The number of hydrogen-bond donors (Lipinski definition) is 2. The number of nitrogens with zero attached hydrogens (tertiary/aromatic N) is 6. The van der Waals surface area contributed by atoms with Crippen molar-refractivity contribution in [3.63, 3.8) is 0 Å². The number of ether oxygens (including phenoxy) is 1. The number of carbonyl (C=O) groups excluding carboxylic acids is 1. The van der Waals surface area contributed by atoms with Gasteiger partial charge in [0, 0.05) is 67.2 Å². The lowest BCUT2D eigenvalue weighted by Crippen LogP contribution is -2.52. The summed E-state index contributed by atoms with van der Waals surface area (Å²) in [5, 5.41) is 18.5. The molecule has 2 N–H and O–H groups in total. The van der Waals surface area contributed by atoms with Gasteiger partial charge in [-0.2, -0.15) is 15.2 Å². The molecule has 3 aromatic rings. The summed E-state index contributed by atoms with van der Waals surface area (Å²) in [5.41, 5.74) is 4.68. The number of anilines is 2. The summed E-state index contributed by atoms with van der Waals surface area (Å²) in [6, 6.07) is 16.1. The van der Waals surface area contributed by atoms with Gasteiger partial charge in [0.2, 0.25) is 5.91 Å². The number of aromatic nitrogens is 2. The number of hydrogen-bond acceptors (Lipinski definition) is 9. The highest BCUT2D eigenvalue weighted by atomic mass is 16.5. The van der Waals surface area contributed by atoms with Crippen LogP contribution in [0.3, 0.4) is 0 Å². The fourth-order valence-corrected chi connectivity index (χ4v) is 7.32. The summed E-state index contributed by atoms with van der Waals surface area (Å²) >= 11 is 0. The van der Waals surface area contributed by atoms with Gasteiger partial charge in [-0.05, 0) is 63.2 Å². The van der Waals surface area contributed by atoms with Crippen LogP contribution in [0.25, 0.3) is 10.8 Å². The molecular weight excluding hydrogens is 552 g/mol. The third-order valence-electron chi connectivity index (χ3n) is 9.97. The number of likely N-dealkylation sites (N-methyl/N-ethyl adjacent to an activating group) is 1. The summed E-state index contributed by atoms with van der Waals surface area (Å²) < 4.78 is 6.34. The van der Waals surface area contributed by atoms with E-state index in [9.17, 15) is 10.1 Å². The second-order valence-corrected chi connectivity index (χ2v) is 12.9. The van der Waals surface area contributed by atoms with Crippen LogP contribution in [0.5, 0.6) is 6.01 Å². The average Bonchev–Trinajstić information content (AvgIpc) is 3.81. The Balaban J connectivity index is 1.19. The minimum absolute atomic E-state index is 0.0165. The number of likely N-dealkylation sites (tertiary alicyclic amines) is 1. The van der Waals surface area contributed by atoms with E-state index in [4.69, 9.17) is 14.7 Å². The maximum absolute atomic E-state index is 12.6. The summed E-state index contributed by atoms with van der Waals surface area (Å²) in [6.45, 7) is 7.54. The van der Waals surface area contributed by atoms with E-state index in [0.29, 0.717) is 38.2 Å². The molecule has 2 aromatic carbocycles. The number of nitriles is 1. The Bertz CT molecular complexity index is 1580. The first-order valence-electron chi connectivity index (χ1n) is 16.1. The number of fused-ring (bicyclic) bond motifs is 2. The average molecular weight is 595 g/mol. The summed E-state index contributed by atoms with van der Waals surface area (Å²) in [6.07, 6.45) is 4.29. The van der Waals surface area contributed by atoms with Crippen molar-refractivity contribution in [3.8, 4) is 12.1 Å². The highest BCUT2D eigenvalue weighted by molar-refractivity contribution is 5.97. The topological polar surface area (TPSA) is 120 Å². The Hall–Kier alpha value is -3.94. The van der Waals surface area contributed by atoms with Crippen LogP contribution in [0.1, 0.15) is 42.5 Å². The smallest absolute Gasteiger partial charge is 0.318 e. The molecule has 0 bridgehead atoms. The molecule has 0 unspecified atom stereocenters. The van der Waals surface area contributed by atoms with E-state index >= 15 is 0 Å². The molecule has 1 amide bonds. The number of carbonyl (C=O) groups is 1. The van der Waals surface area contributed by atoms with Crippen LogP contribution in [0.2, 0.25) is 0 Å². The minimum Gasteiger partial charge on any atom is -0.462 e. The van der Waals surface area contributed by atoms with Gasteiger partial charge in [0.1, 0.15) is 12.4 Å². The van der Waals surface area contributed by atoms with Crippen molar-refractivity contribution in [1.82, 2.24) is 25.5 Å². The molecule has 3 fully saturated rings. The van der Waals surface area contributed by atoms with Crippen LogP contribution in [0, 0.1) is 24.2 Å². The van der Waals surface area contributed by atoms with E-state index in [0.717, 1.165) is 57.0 Å². The first kappa shape index (κ1) is 28.8. The quantitative estimate of drug-likeness (QED) is 0.379. The summed E-state index contributed by atoms with van der Waals surface area (Å²) in [5.74, 6) is 0.995. The Morgan fingerprint density at radius 2 is 1.98 bits per heavy atom. The van der Waals surface area contributed by atoms with Gasteiger partial charge in [0.15, 0.2) is 0 Å². The molecule has 3 saturated heterocycles. The lowest BCUT2D eigenvalue weighted by molar-refractivity contribution is -0.121. The van der Waals surface area contributed by atoms with Crippen molar-refractivity contribution in [2.45, 2.75) is 63.7 Å². The first-order valence-corrected chi connectivity index (χ1v) is 16.1. The van der Waals surface area contributed by atoms with Crippen molar-refractivity contribution in [2.75, 3.05) is 56.2 Å². The number of piperidine rings is 1. The SMILES string of the molecule is Cc1cccc2cccc(N3CCc4c(nc(OC[C@@H]5CCCN5C)nc4N4CC[C@@H](NC(=O)[C@H]5CN5)[C@@H](CC#N)C4)C3)c12. The van der Waals surface area contributed by atoms with Gasteiger partial charge in [0.25, 0.3) is 0 Å². The fraction of sp³-hybridized carbons (Fsp3) is 0.529. The predicted octanol–water partition coefficient (Wildman–Crippen LogP) is 3.17. The van der Waals surface area contributed by atoms with Crippen molar-refractivity contribution < 1.29 is 9.53 Å². The Morgan fingerprint density at radius 1 is 1.14 bits per heavy atom. The van der Waals surface area contributed by atoms with Gasteiger partial charge in [-0.25, -0.2) is 0 Å². The van der Waals surface area contributed by atoms with E-state index < -0.39 is 0 Å². The normalized spacial score (nSPS) is 25.0. The van der Waals surface area contributed by atoms with Gasteiger partial charge >= 0.3 is 6.01 Å². The maximum atomic E-state index is 12.6. The summed E-state index contributed by atoms with van der Waals surface area (Å²) in [4.78, 5) is 29.7. The highest BCUT2D eigenvalue weighted by Crippen LogP contribution is 2.36. The molecule has 0 radical (unpaired) electrons. The predicted molar refractivity (Wildman–Crippen MR) is 171 cm³/mol. The number of amides is 1. The first-order chi connectivity index (χ1) is 21.5. The van der Waals surface area contributed by atoms with Crippen LogP contribution in [-0.4, -0.2) is 85.3 Å². The number of aryl methyl sites for hydroxylation is 1. The third kappa shape index (κ3) is 5.78.